The summed E-state index contributed by atoms with van der Waals surface area (Å²) in [5.41, 5.74) is 5.01. The lowest BCUT2D eigenvalue weighted by molar-refractivity contribution is -0.129. The number of hydrogen-bond acceptors (Lipinski definition) is 3. The molecule has 1 aromatic rings. The number of halogens is 2. The summed E-state index contributed by atoms with van der Waals surface area (Å²) in [6, 6.07) is 5.00. The Balaban J connectivity index is 1.27. The maximum Gasteiger partial charge on any atom is 0.238 e. The third-order valence-corrected chi connectivity index (χ3v) is 5.90. The fourth-order valence-corrected chi connectivity index (χ4v) is 4.59. The van der Waals surface area contributed by atoms with Gasteiger partial charge >= 0.3 is 0 Å². The van der Waals surface area contributed by atoms with Crippen LogP contribution in [0.2, 0.25) is 10.0 Å². The lowest BCUT2D eigenvalue weighted by atomic mass is 9.86. The summed E-state index contributed by atoms with van der Waals surface area (Å²) in [4.78, 5) is 23.8. The van der Waals surface area contributed by atoms with E-state index in [2.05, 4.69) is 10.9 Å². The van der Waals surface area contributed by atoms with Gasteiger partial charge in [-0.25, -0.2) is 0 Å². The van der Waals surface area contributed by atoms with Crippen molar-refractivity contribution in [1.29, 1.82) is 0 Å². The zero-order chi connectivity index (χ0) is 18.5. The zero-order valence-corrected chi connectivity index (χ0v) is 16.1. The number of benzene rings is 1. The van der Waals surface area contributed by atoms with Crippen LogP contribution in [0.4, 0.5) is 0 Å². The Hall–Kier alpha value is -1.46. The van der Waals surface area contributed by atoms with E-state index in [1.807, 2.05) is 0 Å². The van der Waals surface area contributed by atoms with Crippen LogP contribution in [0.15, 0.2) is 18.2 Å². The van der Waals surface area contributed by atoms with E-state index in [1.165, 1.54) is 19.3 Å². The Morgan fingerprint density at radius 2 is 1.92 bits per heavy atom. The molecule has 2 aliphatic carbocycles. The first-order valence-corrected chi connectivity index (χ1v) is 9.92. The van der Waals surface area contributed by atoms with Crippen molar-refractivity contribution in [2.45, 2.75) is 44.9 Å². The first kappa shape index (κ1) is 19.3. The van der Waals surface area contributed by atoms with Gasteiger partial charge in [0.15, 0.2) is 0 Å². The van der Waals surface area contributed by atoms with E-state index in [9.17, 15) is 9.59 Å². The average Bonchev–Trinajstić information content (AvgIpc) is 3.21. The zero-order valence-electron chi connectivity index (χ0n) is 14.6. The smallest absolute Gasteiger partial charge is 0.238 e. The molecule has 26 heavy (non-hydrogen) atoms. The molecule has 3 atom stereocenters. The number of carbonyl (C=O) groups is 2. The molecule has 0 spiro atoms. The molecule has 2 aliphatic rings. The normalized spacial score (nSPS) is 23.7. The van der Waals surface area contributed by atoms with E-state index < -0.39 is 0 Å². The molecule has 7 heteroatoms. The predicted octanol–water partition coefficient (Wildman–Crippen LogP) is 4.13. The monoisotopic (exact) mass is 398 g/mol. The van der Waals surface area contributed by atoms with Crippen molar-refractivity contribution >= 4 is 35.0 Å². The summed E-state index contributed by atoms with van der Waals surface area (Å²) in [5, 5.41) is 0.984. The van der Waals surface area contributed by atoms with Crippen molar-refractivity contribution in [2.24, 2.45) is 17.8 Å². The van der Waals surface area contributed by atoms with E-state index in [-0.39, 0.29) is 18.2 Å². The fraction of sp³-hybridized carbons (Fsp3) is 0.579. The van der Waals surface area contributed by atoms with Crippen LogP contribution in [0.5, 0.6) is 5.75 Å². The van der Waals surface area contributed by atoms with Crippen molar-refractivity contribution in [2.75, 3.05) is 6.61 Å². The number of hydrazine groups is 1. The van der Waals surface area contributed by atoms with Crippen molar-refractivity contribution in [3.05, 3.63) is 28.2 Å². The van der Waals surface area contributed by atoms with Crippen molar-refractivity contribution in [3.8, 4) is 5.75 Å². The Labute approximate surface area is 163 Å². The molecule has 0 saturated heterocycles. The molecule has 2 saturated carbocycles. The highest BCUT2D eigenvalue weighted by Gasteiger charge is 2.40. The molecular formula is C19H24Cl2N2O3. The molecule has 142 valence electrons. The van der Waals surface area contributed by atoms with Crippen LogP contribution >= 0.6 is 23.2 Å². The maximum atomic E-state index is 12.0. The topological polar surface area (TPSA) is 67.4 Å². The van der Waals surface area contributed by atoms with E-state index in [4.69, 9.17) is 27.9 Å². The number of carbonyl (C=O) groups excluding carboxylic acids is 2. The van der Waals surface area contributed by atoms with Crippen LogP contribution in [0, 0.1) is 17.8 Å². The largest absolute Gasteiger partial charge is 0.492 e. The molecule has 2 fully saturated rings. The van der Waals surface area contributed by atoms with E-state index >= 15 is 0 Å². The quantitative estimate of drug-likeness (QED) is 0.535. The van der Waals surface area contributed by atoms with Gasteiger partial charge < -0.3 is 4.74 Å². The molecule has 2 N–H and O–H groups in total. The standard InChI is InChI=1S/C19H24Cl2N2O3/c20-15-5-6-17(16(21)11-15)26-7-1-2-18(24)22-23-19(25)10-14-9-12-3-4-13(14)8-12/h5-6,11-14H,1-4,7-10H2,(H,22,24)(H,23,25)/t12-,13+,14+/m0/s1. The summed E-state index contributed by atoms with van der Waals surface area (Å²) >= 11 is 11.8. The molecule has 2 bridgehead atoms. The minimum absolute atomic E-state index is 0.0971. The van der Waals surface area contributed by atoms with Crippen LogP contribution in [0.1, 0.15) is 44.9 Å². The molecule has 0 aromatic heterocycles. The van der Waals surface area contributed by atoms with Crippen molar-refractivity contribution in [3.63, 3.8) is 0 Å². The molecule has 0 aliphatic heterocycles. The van der Waals surface area contributed by atoms with Crippen LogP contribution in [0.25, 0.3) is 0 Å². The summed E-state index contributed by atoms with van der Waals surface area (Å²) < 4.78 is 5.53. The lowest BCUT2D eigenvalue weighted by Crippen LogP contribution is -2.42. The summed E-state index contributed by atoms with van der Waals surface area (Å²) in [7, 11) is 0. The molecular weight excluding hydrogens is 375 g/mol. The van der Waals surface area contributed by atoms with Crippen LogP contribution in [-0.4, -0.2) is 18.4 Å². The average molecular weight is 399 g/mol. The Morgan fingerprint density at radius 1 is 1.12 bits per heavy atom. The molecule has 5 nitrogen and oxygen atoms in total. The number of nitrogens with one attached hydrogen (secondary N) is 2. The van der Waals surface area contributed by atoms with E-state index in [0.717, 1.165) is 12.3 Å². The van der Waals surface area contributed by atoms with Gasteiger partial charge in [-0.2, -0.15) is 0 Å². The molecule has 2 amide bonds. The van der Waals surface area contributed by atoms with Gasteiger partial charge in [-0.05, 0) is 61.6 Å². The molecule has 1 aromatic carbocycles. The van der Waals surface area contributed by atoms with Gasteiger partial charge in [0, 0.05) is 17.9 Å². The van der Waals surface area contributed by atoms with Gasteiger partial charge in [0.25, 0.3) is 0 Å². The van der Waals surface area contributed by atoms with Gasteiger partial charge in [-0.15, -0.1) is 0 Å². The number of rotatable bonds is 7. The van der Waals surface area contributed by atoms with Gasteiger partial charge in [0.05, 0.1) is 11.6 Å². The Morgan fingerprint density at radius 3 is 2.62 bits per heavy atom. The second-order valence-corrected chi connectivity index (χ2v) is 8.11. The van der Waals surface area contributed by atoms with E-state index in [1.54, 1.807) is 18.2 Å². The highest BCUT2D eigenvalue weighted by Crippen LogP contribution is 2.49. The third kappa shape index (κ3) is 5.27. The first-order chi connectivity index (χ1) is 12.5. The van der Waals surface area contributed by atoms with Crippen molar-refractivity contribution in [1.82, 2.24) is 10.9 Å². The van der Waals surface area contributed by atoms with Crippen molar-refractivity contribution < 1.29 is 14.3 Å². The summed E-state index contributed by atoms with van der Waals surface area (Å²) in [5.74, 6) is 2.23. The summed E-state index contributed by atoms with van der Waals surface area (Å²) in [6.45, 7) is 0.355. The fourth-order valence-electron chi connectivity index (χ4n) is 4.12. The highest BCUT2D eigenvalue weighted by molar-refractivity contribution is 6.35. The van der Waals surface area contributed by atoms with Gasteiger partial charge in [-0.3, -0.25) is 20.4 Å². The Bertz CT molecular complexity index is 668. The van der Waals surface area contributed by atoms with Gasteiger partial charge in [0.2, 0.25) is 11.8 Å². The predicted molar refractivity (Wildman–Crippen MR) is 101 cm³/mol. The first-order valence-electron chi connectivity index (χ1n) is 9.17. The second kappa shape index (κ2) is 8.96. The number of amides is 2. The number of ether oxygens (including phenoxy) is 1. The summed E-state index contributed by atoms with van der Waals surface area (Å²) in [6.07, 6.45) is 6.32. The maximum absolute atomic E-state index is 12.0. The number of hydrogen-bond donors (Lipinski definition) is 2. The molecule has 0 unspecified atom stereocenters. The molecule has 0 heterocycles. The van der Waals surface area contributed by atoms with E-state index in [0.29, 0.717) is 47.1 Å². The minimum Gasteiger partial charge on any atom is -0.492 e. The van der Waals surface area contributed by atoms with Crippen LogP contribution in [0.3, 0.4) is 0 Å². The van der Waals surface area contributed by atoms with Crippen LogP contribution < -0.4 is 15.6 Å². The lowest BCUT2D eigenvalue weighted by Gasteiger charge is -2.20. The van der Waals surface area contributed by atoms with Gasteiger partial charge in [-0.1, -0.05) is 29.6 Å². The van der Waals surface area contributed by atoms with Gasteiger partial charge in [0.1, 0.15) is 5.75 Å². The number of fused-ring (bicyclic) bond motifs is 2. The minimum atomic E-state index is -0.225. The highest BCUT2D eigenvalue weighted by atomic mass is 35.5. The second-order valence-electron chi connectivity index (χ2n) is 7.26. The van der Waals surface area contributed by atoms with Crippen LogP contribution in [-0.2, 0) is 9.59 Å². The SMILES string of the molecule is O=C(CCCOc1ccc(Cl)cc1Cl)NNC(=O)C[C@H]1C[C@H]2CC[C@@H]1C2. The molecule has 0 radical (unpaired) electrons. The molecule has 3 rings (SSSR count). The third-order valence-electron chi connectivity index (χ3n) is 5.37. The Kier molecular flexibility index (Phi) is 6.65.